The molecule has 3 N–H and O–H groups in total. The smallest absolute Gasteiger partial charge is 0.416 e. The lowest BCUT2D eigenvalue weighted by molar-refractivity contribution is -0.137. The lowest BCUT2D eigenvalue weighted by atomic mass is 9.93. The molecule has 2 rings (SSSR count). The third-order valence-electron chi connectivity index (χ3n) is 5.02. The van der Waals surface area contributed by atoms with E-state index in [1.807, 2.05) is 6.92 Å². The Morgan fingerprint density at radius 1 is 1.15 bits per heavy atom. The summed E-state index contributed by atoms with van der Waals surface area (Å²) in [6.07, 6.45) is 0.545. The first-order valence-electron chi connectivity index (χ1n) is 10.4. The van der Waals surface area contributed by atoms with E-state index in [4.69, 9.17) is 10.5 Å². The van der Waals surface area contributed by atoms with Crippen LogP contribution < -0.4 is 19.5 Å². The van der Waals surface area contributed by atoms with Crippen molar-refractivity contribution in [1.82, 2.24) is 0 Å². The van der Waals surface area contributed by atoms with Crippen molar-refractivity contribution in [2.75, 3.05) is 22.7 Å². The van der Waals surface area contributed by atoms with Gasteiger partial charge in [-0.05, 0) is 69.0 Å². The Morgan fingerprint density at radius 2 is 1.82 bits per heavy atom. The number of anilines is 2. The summed E-state index contributed by atoms with van der Waals surface area (Å²) in [4.78, 5) is 0. The Kier molecular flexibility index (Phi) is 8.79. The zero-order valence-electron chi connectivity index (χ0n) is 18.7. The number of alkyl halides is 3. The summed E-state index contributed by atoms with van der Waals surface area (Å²) in [5.41, 5.74) is 5.37. The van der Waals surface area contributed by atoms with E-state index < -0.39 is 21.9 Å². The highest BCUT2D eigenvalue weighted by molar-refractivity contribution is 7.94. The van der Waals surface area contributed by atoms with E-state index in [1.165, 1.54) is 7.05 Å². The maximum atomic E-state index is 12.7. The van der Waals surface area contributed by atoms with Crippen molar-refractivity contribution in [2.24, 2.45) is 5.73 Å². The number of unbranched alkanes of at least 4 members (excludes halogenated alkanes) is 1. The number of benzene rings is 2. The number of rotatable bonds is 12. The first-order valence-corrected chi connectivity index (χ1v) is 11.8. The number of ether oxygens (including phenoxy) is 1. The molecule has 0 saturated heterocycles. The number of hydrogen-bond acceptors (Lipinski definition) is 4. The molecular weight excluding hydrogens is 455 g/mol. The third kappa shape index (κ3) is 8.29. The number of nitrogens with zero attached hydrogens (tertiary/aromatic N) is 1. The van der Waals surface area contributed by atoms with Crippen molar-refractivity contribution in [3.63, 3.8) is 0 Å². The van der Waals surface area contributed by atoms with Crippen molar-refractivity contribution in [2.45, 2.75) is 44.3 Å². The molecule has 2 aromatic carbocycles. The van der Waals surface area contributed by atoms with Gasteiger partial charge in [-0.2, -0.15) is 21.6 Å². The molecule has 0 aliphatic carbocycles. The molecule has 0 aliphatic heterocycles. The molecule has 6 nitrogen and oxygen atoms in total. The fraction of sp³-hybridized carbons (Fsp3) is 0.391. The van der Waals surface area contributed by atoms with Gasteiger partial charge in [-0.25, -0.2) is 0 Å². The van der Waals surface area contributed by atoms with Gasteiger partial charge in [0.05, 0.1) is 23.5 Å². The van der Waals surface area contributed by atoms with Crippen LogP contribution in [0.2, 0.25) is 0 Å². The van der Waals surface area contributed by atoms with Crippen LogP contribution in [0.25, 0.3) is 0 Å². The Hall–Kier alpha value is -2.72. The fourth-order valence-electron chi connectivity index (χ4n) is 3.11. The van der Waals surface area contributed by atoms with E-state index in [1.54, 1.807) is 30.3 Å². The topological polar surface area (TPSA) is 84.7 Å². The molecule has 0 spiro atoms. The zero-order valence-corrected chi connectivity index (χ0v) is 19.5. The van der Waals surface area contributed by atoms with Crippen molar-refractivity contribution in [1.29, 1.82) is 0 Å². The summed E-state index contributed by atoms with van der Waals surface area (Å²) < 4.78 is 72.4. The highest BCUT2D eigenvalue weighted by Crippen LogP contribution is 2.30. The second-order valence-electron chi connectivity index (χ2n) is 8.10. The minimum atomic E-state index is -4.50. The lowest BCUT2D eigenvalue weighted by Gasteiger charge is -2.22. The average Bonchev–Trinajstić information content (AvgIpc) is 2.72. The molecule has 0 heterocycles. The number of hydrogen-bond donors (Lipinski definition) is 2. The minimum Gasteiger partial charge on any atom is -0.494 e. The molecule has 33 heavy (non-hydrogen) atoms. The molecule has 0 saturated carbocycles. The van der Waals surface area contributed by atoms with Crippen LogP contribution in [0, 0.1) is 0 Å². The summed E-state index contributed by atoms with van der Waals surface area (Å²) >= 11 is 0. The Labute approximate surface area is 193 Å². The number of nitrogens with one attached hydrogen (secondary N) is 1. The molecule has 10 heteroatoms. The molecule has 0 amide bonds. The van der Waals surface area contributed by atoms with E-state index in [2.05, 4.69) is 11.3 Å². The standard InChI is InChI=1S/C23H30F3N3O3S/c1-4-14-22(2,27)15-5-6-16-32-21-9-7-8-20(17-21)29(3)33(30,31)28-19-12-10-18(11-13-19)23(24,25)26/h4,7-13,17,28H,1,5-6,14-16,27H2,2-3H3. The predicted octanol–water partition coefficient (Wildman–Crippen LogP) is 5.34. The molecule has 1 atom stereocenters. The van der Waals surface area contributed by atoms with Gasteiger partial charge < -0.3 is 10.5 Å². The van der Waals surface area contributed by atoms with Gasteiger partial charge in [0.15, 0.2) is 0 Å². The van der Waals surface area contributed by atoms with Crippen LogP contribution >= 0.6 is 0 Å². The minimum absolute atomic E-state index is 0.0191. The Morgan fingerprint density at radius 3 is 2.42 bits per heavy atom. The van der Waals surface area contributed by atoms with Crippen molar-refractivity contribution < 1.29 is 26.3 Å². The van der Waals surface area contributed by atoms with Gasteiger partial charge in [-0.15, -0.1) is 6.58 Å². The second kappa shape index (κ2) is 10.9. The van der Waals surface area contributed by atoms with E-state index in [9.17, 15) is 21.6 Å². The molecule has 0 aliphatic rings. The molecule has 0 radical (unpaired) electrons. The van der Waals surface area contributed by atoms with E-state index in [0.29, 0.717) is 18.0 Å². The predicted molar refractivity (Wildman–Crippen MR) is 126 cm³/mol. The van der Waals surface area contributed by atoms with E-state index in [-0.39, 0.29) is 11.2 Å². The molecule has 2 aromatic rings. The maximum Gasteiger partial charge on any atom is 0.416 e. The summed E-state index contributed by atoms with van der Waals surface area (Å²) in [7, 11) is -2.72. The molecule has 0 aromatic heterocycles. The van der Waals surface area contributed by atoms with Crippen molar-refractivity contribution in [3.05, 3.63) is 66.7 Å². The van der Waals surface area contributed by atoms with Gasteiger partial charge in [0, 0.05) is 18.7 Å². The maximum absolute atomic E-state index is 12.7. The molecule has 1 unspecified atom stereocenters. The Bertz CT molecular complexity index is 1020. The number of nitrogens with two attached hydrogens (primary N) is 1. The fourth-order valence-corrected chi connectivity index (χ4v) is 4.07. The molecule has 0 fully saturated rings. The van der Waals surface area contributed by atoms with Crippen LogP contribution in [0.15, 0.2) is 61.2 Å². The first-order chi connectivity index (χ1) is 15.3. The lowest BCUT2D eigenvalue weighted by Crippen LogP contribution is -2.35. The Balaban J connectivity index is 1.95. The second-order valence-corrected chi connectivity index (χ2v) is 9.80. The monoisotopic (exact) mass is 485 g/mol. The van der Waals surface area contributed by atoms with Gasteiger partial charge in [-0.3, -0.25) is 9.03 Å². The summed E-state index contributed by atoms with van der Waals surface area (Å²) in [5, 5.41) is 0. The largest absolute Gasteiger partial charge is 0.494 e. The molecule has 182 valence electrons. The van der Waals surface area contributed by atoms with Gasteiger partial charge in [0.2, 0.25) is 0 Å². The van der Waals surface area contributed by atoms with Crippen LogP contribution in [0.3, 0.4) is 0 Å². The van der Waals surface area contributed by atoms with Crippen LogP contribution in [-0.2, 0) is 16.4 Å². The highest BCUT2D eigenvalue weighted by Gasteiger charge is 2.30. The summed E-state index contributed by atoms with van der Waals surface area (Å²) in [5.74, 6) is 0.505. The quantitative estimate of drug-likeness (QED) is 0.314. The van der Waals surface area contributed by atoms with Gasteiger partial charge in [0.1, 0.15) is 5.75 Å². The first kappa shape index (κ1) is 26.5. The molecular formula is C23H30F3N3O3S. The van der Waals surface area contributed by atoms with Gasteiger partial charge in [-0.1, -0.05) is 12.1 Å². The third-order valence-corrected chi connectivity index (χ3v) is 6.45. The normalized spacial score (nSPS) is 13.8. The highest BCUT2D eigenvalue weighted by atomic mass is 32.2. The van der Waals surface area contributed by atoms with Crippen LogP contribution in [0.4, 0.5) is 24.5 Å². The van der Waals surface area contributed by atoms with Gasteiger partial charge in [0.25, 0.3) is 0 Å². The van der Waals surface area contributed by atoms with Gasteiger partial charge >= 0.3 is 16.4 Å². The SMILES string of the molecule is C=CCC(C)(N)CCCCOc1cccc(N(C)S(=O)(=O)Nc2ccc(C(F)(F)F)cc2)c1. The van der Waals surface area contributed by atoms with Crippen LogP contribution in [-0.4, -0.2) is 27.6 Å². The van der Waals surface area contributed by atoms with E-state index in [0.717, 1.165) is 54.3 Å². The van der Waals surface area contributed by atoms with Crippen LogP contribution in [0.1, 0.15) is 38.2 Å². The van der Waals surface area contributed by atoms with Crippen molar-refractivity contribution >= 4 is 21.6 Å². The van der Waals surface area contributed by atoms with Crippen molar-refractivity contribution in [3.8, 4) is 5.75 Å². The average molecular weight is 486 g/mol. The molecule has 0 bridgehead atoms. The number of halogens is 3. The summed E-state index contributed by atoms with van der Waals surface area (Å²) in [6, 6.07) is 10.3. The zero-order chi connectivity index (χ0) is 24.7. The van der Waals surface area contributed by atoms with Crippen LogP contribution in [0.5, 0.6) is 5.75 Å². The van der Waals surface area contributed by atoms with E-state index >= 15 is 0 Å². The summed E-state index contributed by atoms with van der Waals surface area (Å²) in [6.45, 7) is 6.14.